The Morgan fingerprint density at radius 3 is 1.72 bits per heavy atom. The van der Waals surface area contributed by atoms with Crippen LogP contribution >= 0.6 is 43.5 Å². The van der Waals surface area contributed by atoms with E-state index >= 15 is 0 Å². The van der Waals surface area contributed by atoms with Crippen LogP contribution in [0.5, 0.6) is 0 Å². The van der Waals surface area contributed by atoms with Crippen LogP contribution in [0.3, 0.4) is 0 Å². The second-order valence-electron chi connectivity index (χ2n) is 11.3. The van der Waals surface area contributed by atoms with Crippen LogP contribution in [0.1, 0.15) is 19.8 Å². The molecule has 0 aliphatic carbocycles. The summed E-state index contributed by atoms with van der Waals surface area (Å²) >= 11 is 12.9. The van der Waals surface area contributed by atoms with Gasteiger partial charge in [-0.3, -0.25) is 0 Å². The number of halogens is 3. The predicted molar refractivity (Wildman–Crippen MR) is 208 cm³/mol. The highest BCUT2D eigenvalue weighted by Crippen LogP contribution is 2.30. The normalized spacial score (nSPS) is 14.2. The van der Waals surface area contributed by atoms with Crippen molar-refractivity contribution in [2.75, 3.05) is 64.1 Å². The fraction of sp³-hybridized carbons (Fsp3) is 0.333. The van der Waals surface area contributed by atoms with Gasteiger partial charge in [-0.25, -0.2) is 19.9 Å². The first-order valence-corrected chi connectivity index (χ1v) is 18.5. The van der Waals surface area contributed by atoms with Gasteiger partial charge in [0.25, 0.3) is 0 Å². The summed E-state index contributed by atoms with van der Waals surface area (Å²) in [5.41, 5.74) is 5.88. The average molecular weight is 829 g/mol. The summed E-state index contributed by atoms with van der Waals surface area (Å²) in [7, 11) is 0. The summed E-state index contributed by atoms with van der Waals surface area (Å²) in [5.74, 6) is 0.980. The van der Waals surface area contributed by atoms with Crippen LogP contribution in [-0.2, 0) is 9.47 Å². The number of nitrogens with one attached hydrogen (secondary N) is 3. The Morgan fingerprint density at radius 1 is 0.740 bits per heavy atom. The minimum absolute atomic E-state index is 0.344. The lowest BCUT2D eigenvalue weighted by molar-refractivity contribution is 0.109. The van der Waals surface area contributed by atoms with Gasteiger partial charge in [-0.2, -0.15) is 0 Å². The average Bonchev–Trinajstić information content (AvgIpc) is 3.81. The molecule has 50 heavy (non-hydrogen) atoms. The van der Waals surface area contributed by atoms with Crippen molar-refractivity contribution in [1.82, 2.24) is 35.2 Å². The third-order valence-electron chi connectivity index (χ3n) is 7.76. The fourth-order valence-electron chi connectivity index (χ4n) is 5.11. The monoisotopic (exact) mass is 826 g/mol. The first-order chi connectivity index (χ1) is 24.5. The van der Waals surface area contributed by atoms with E-state index in [0.717, 1.165) is 125 Å². The second kappa shape index (κ2) is 19.8. The zero-order valence-corrected chi connectivity index (χ0v) is 31.8. The van der Waals surface area contributed by atoms with E-state index in [1.807, 2.05) is 42.5 Å². The first kappa shape index (κ1) is 37.8. The number of ether oxygens (including phenoxy) is 2. The second-order valence-corrected chi connectivity index (χ2v) is 13.5. The maximum absolute atomic E-state index is 8.07. The smallest absolute Gasteiger partial charge is 0.143 e. The van der Waals surface area contributed by atoms with Gasteiger partial charge in [0.1, 0.15) is 34.9 Å². The van der Waals surface area contributed by atoms with Gasteiger partial charge in [0.15, 0.2) is 0 Å². The number of nitrogens with zero attached hydrogens (tertiary/aromatic N) is 5. The van der Waals surface area contributed by atoms with Gasteiger partial charge in [-0.1, -0.05) is 81.1 Å². The van der Waals surface area contributed by atoms with E-state index in [1.54, 1.807) is 6.33 Å². The maximum Gasteiger partial charge on any atom is 0.143 e. The molecule has 8 rings (SSSR count). The standard InChI is InChI=1S/C16H15BrN4O.C12H7BrClN3.C4H9NO.C4H10O/c17-12-3-1-11(2-4-12)14-9-13-15(20-14)18-10-19-16(13)21-5-7-22-8-6-21;13-8-3-1-7(2-4-8)10-5-9-11(14)15-6-16-12(9)17-10;1-3-6-4-2-5-1;1-2-3-4-5/h1-4,9-10H,5-8H2,(H,18,19,20);1-6H,(H,15,16,17);5H,1-4H2;5H,2-4H2,1H3. The maximum atomic E-state index is 8.07. The lowest BCUT2D eigenvalue weighted by Crippen LogP contribution is -2.36. The molecular formula is C36H41Br2ClN8O3. The lowest BCUT2D eigenvalue weighted by atomic mass is 10.1. The van der Waals surface area contributed by atoms with Crippen molar-refractivity contribution in [2.24, 2.45) is 0 Å². The number of aromatic nitrogens is 6. The molecule has 0 amide bonds. The molecule has 6 aromatic rings. The molecule has 2 aliphatic heterocycles. The Labute approximate surface area is 313 Å². The summed E-state index contributed by atoms with van der Waals surface area (Å²) in [5, 5.41) is 13.6. The third kappa shape index (κ3) is 10.8. The van der Waals surface area contributed by atoms with E-state index in [1.165, 1.54) is 6.33 Å². The number of aromatic amines is 2. The van der Waals surface area contributed by atoms with Crippen molar-refractivity contribution >= 4 is 71.3 Å². The van der Waals surface area contributed by atoms with Gasteiger partial charge in [0.2, 0.25) is 0 Å². The summed E-state index contributed by atoms with van der Waals surface area (Å²) in [6.07, 6.45) is 5.11. The summed E-state index contributed by atoms with van der Waals surface area (Å²) in [4.78, 5) is 25.8. The van der Waals surface area contributed by atoms with Crippen LogP contribution in [0.15, 0.2) is 82.3 Å². The zero-order valence-electron chi connectivity index (χ0n) is 27.8. The fourth-order valence-corrected chi connectivity index (χ4v) is 5.82. The molecule has 4 N–H and O–H groups in total. The van der Waals surface area contributed by atoms with E-state index in [4.69, 9.17) is 26.2 Å². The summed E-state index contributed by atoms with van der Waals surface area (Å²) < 4.78 is 12.6. The van der Waals surface area contributed by atoms with Crippen LogP contribution in [-0.4, -0.2) is 94.2 Å². The minimum atomic E-state index is 0.344. The van der Waals surface area contributed by atoms with Gasteiger partial charge in [0, 0.05) is 53.1 Å². The number of benzene rings is 2. The van der Waals surface area contributed by atoms with E-state index < -0.39 is 0 Å². The molecule has 2 aromatic carbocycles. The minimum Gasteiger partial charge on any atom is -0.396 e. The van der Waals surface area contributed by atoms with Gasteiger partial charge >= 0.3 is 0 Å². The number of aliphatic hydroxyl groups excluding tert-OH is 1. The molecule has 11 nitrogen and oxygen atoms in total. The predicted octanol–water partition coefficient (Wildman–Crippen LogP) is 7.65. The van der Waals surface area contributed by atoms with Gasteiger partial charge < -0.3 is 34.8 Å². The lowest BCUT2D eigenvalue weighted by Gasteiger charge is -2.27. The van der Waals surface area contributed by atoms with Crippen LogP contribution in [0.2, 0.25) is 5.15 Å². The molecule has 0 saturated carbocycles. The molecule has 6 heterocycles. The van der Waals surface area contributed by atoms with Crippen molar-refractivity contribution in [3.05, 3.63) is 87.4 Å². The largest absolute Gasteiger partial charge is 0.396 e. The van der Waals surface area contributed by atoms with Crippen molar-refractivity contribution in [3.8, 4) is 22.5 Å². The first-order valence-electron chi connectivity index (χ1n) is 16.5. The number of morpholine rings is 2. The number of rotatable bonds is 5. The highest BCUT2D eigenvalue weighted by Gasteiger charge is 2.17. The number of aliphatic hydroxyl groups is 1. The number of H-pyrrole nitrogens is 2. The Kier molecular flexibility index (Phi) is 15.0. The van der Waals surface area contributed by atoms with Gasteiger partial charge in [-0.15, -0.1) is 0 Å². The summed E-state index contributed by atoms with van der Waals surface area (Å²) in [6, 6.07) is 20.4. The zero-order chi connectivity index (χ0) is 35.1. The van der Waals surface area contributed by atoms with E-state index in [-0.39, 0.29) is 0 Å². The number of anilines is 1. The topological polar surface area (TPSA) is 137 Å². The van der Waals surface area contributed by atoms with Crippen molar-refractivity contribution in [1.29, 1.82) is 0 Å². The van der Waals surface area contributed by atoms with Crippen LogP contribution in [0.25, 0.3) is 44.6 Å². The van der Waals surface area contributed by atoms with E-state index in [9.17, 15) is 0 Å². The SMILES string of the molecule is Brc1ccc(-c2cc3c(N4CCOCC4)ncnc3[nH]2)cc1.C1COCCN1.CCCCO.Clc1ncnc2[nH]c(-c3ccc(Br)cc3)cc12. The van der Waals surface area contributed by atoms with Crippen molar-refractivity contribution < 1.29 is 14.6 Å². The highest BCUT2D eigenvalue weighted by atomic mass is 79.9. The molecule has 14 heteroatoms. The Bertz CT molecular complexity index is 1880. The Balaban J connectivity index is 0.000000152. The molecule has 2 fully saturated rings. The Morgan fingerprint density at radius 2 is 1.26 bits per heavy atom. The number of hydrogen-bond acceptors (Lipinski definition) is 9. The molecule has 2 aliphatic rings. The molecule has 0 unspecified atom stereocenters. The Hall–Kier alpha value is -3.43. The van der Waals surface area contributed by atoms with Gasteiger partial charge in [0.05, 0.1) is 37.2 Å². The van der Waals surface area contributed by atoms with E-state index in [2.05, 4.69) is 97.1 Å². The van der Waals surface area contributed by atoms with Gasteiger partial charge in [-0.05, 0) is 53.9 Å². The molecule has 2 saturated heterocycles. The quantitative estimate of drug-likeness (QED) is 0.129. The van der Waals surface area contributed by atoms with Crippen LogP contribution in [0.4, 0.5) is 5.82 Å². The van der Waals surface area contributed by atoms with Crippen molar-refractivity contribution in [2.45, 2.75) is 19.8 Å². The molecule has 0 atom stereocenters. The molecule has 4 aromatic heterocycles. The van der Waals surface area contributed by atoms with Crippen molar-refractivity contribution in [3.63, 3.8) is 0 Å². The molecule has 0 radical (unpaired) electrons. The third-order valence-corrected chi connectivity index (χ3v) is 9.12. The highest BCUT2D eigenvalue weighted by molar-refractivity contribution is 9.10. The number of hydrogen-bond donors (Lipinski definition) is 4. The number of unbranched alkanes of at least 4 members (excludes halogenated alkanes) is 1. The molecule has 0 bridgehead atoms. The molecule has 264 valence electrons. The molecule has 0 spiro atoms. The number of fused-ring (bicyclic) bond motifs is 2. The van der Waals surface area contributed by atoms with E-state index in [0.29, 0.717) is 11.8 Å². The molecular weight excluding hydrogens is 788 g/mol. The van der Waals surface area contributed by atoms with Crippen LogP contribution in [0, 0.1) is 0 Å². The summed E-state index contributed by atoms with van der Waals surface area (Å²) in [6.45, 7) is 9.45. The van der Waals surface area contributed by atoms with Crippen LogP contribution < -0.4 is 10.2 Å².